The molecule has 1 aliphatic heterocycles. The van der Waals surface area contributed by atoms with Crippen LogP contribution < -0.4 is 0 Å². The van der Waals surface area contributed by atoms with Crippen molar-refractivity contribution >= 4 is 34.4 Å². The smallest absolute Gasteiger partial charge is 0.140 e. The normalized spacial score (nSPS) is 14.1. The van der Waals surface area contributed by atoms with E-state index in [9.17, 15) is 0 Å². The topological polar surface area (TPSA) is 30.2 Å². The van der Waals surface area contributed by atoms with Crippen molar-refractivity contribution in [2.45, 2.75) is 19.4 Å². The Balaban J connectivity index is 1.65. The number of benzene rings is 1. The van der Waals surface area contributed by atoms with E-state index < -0.39 is 0 Å². The van der Waals surface area contributed by atoms with Gasteiger partial charge in [0.1, 0.15) is 5.65 Å². The Labute approximate surface area is 146 Å². The average Bonchev–Trinajstić information content (AvgIpc) is 3.01. The van der Waals surface area contributed by atoms with Crippen LogP contribution in [0.25, 0.3) is 16.6 Å². The van der Waals surface area contributed by atoms with E-state index in [0.717, 1.165) is 36.6 Å². The molecule has 0 radical (unpaired) electrons. The SMILES string of the molecule is Clc1ccc(CCn2cc(C3=CCN=CC3)c3cccnc32)cc1. The van der Waals surface area contributed by atoms with Crippen LogP contribution in [0.15, 0.2) is 59.9 Å². The number of aryl methyl sites for hydroxylation is 2. The standard InChI is InChI=1S/C20H18ClN3/c21-17-5-3-15(4-6-17)9-13-24-14-19(16-7-11-22-12-8-16)18-2-1-10-23-20(18)24/h1-7,10,12,14H,8-9,11,13H2. The summed E-state index contributed by atoms with van der Waals surface area (Å²) in [4.78, 5) is 8.89. The number of allylic oxidation sites excluding steroid dienone is 1. The average molecular weight is 336 g/mol. The third-order valence-corrected chi connectivity index (χ3v) is 4.67. The number of aromatic nitrogens is 2. The minimum atomic E-state index is 0.771. The molecule has 3 aromatic rings. The summed E-state index contributed by atoms with van der Waals surface area (Å²) in [6.07, 6.45) is 10.2. The maximum absolute atomic E-state index is 5.96. The van der Waals surface area contributed by atoms with E-state index in [0.29, 0.717) is 0 Å². The molecule has 4 rings (SSSR count). The Kier molecular flexibility index (Phi) is 4.18. The first-order valence-corrected chi connectivity index (χ1v) is 8.55. The van der Waals surface area contributed by atoms with Gasteiger partial charge in [-0.05, 0) is 41.8 Å². The van der Waals surface area contributed by atoms with E-state index in [4.69, 9.17) is 11.6 Å². The second-order valence-electron chi connectivity index (χ2n) is 5.97. The van der Waals surface area contributed by atoms with E-state index in [1.807, 2.05) is 30.6 Å². The van der Waals surface area contributed by atoms with Gasteiger partial charge in [0, 0.05) is 47.5 Å². The highest BCUT2D eigenvalue weighted by Gasteiger charge is 2.13. The first-order valence-electron chi connectivity index (χ1n) is 8.17. The largest absolute Gasteiger partial charge is 0.332 e. The number of rotatable bonds is 4. The molecule has 3 heterocycles. The molecule has 0 spiro atoms. The molecule has 4 heteroatoms. The lowest BCUT2D eigenvalue weighted by atomic mass is 10.0. The third kappa shape index (κ3) is 3.00. The second kappa shape index (κ2) is 6.62. The summed E-state index contributed by atoms with van der Waals surface area (Å²) in [7, 11) is 0. The lowest BCUT2D eigenvalue weighted by molar-refractivity contribution is 0.715. The quantitative estimate of drug-likeness (QED) is 0.674. The summed E-state index contributed by atoms with van der Waals surface area (Å²) in [5.74, 6) is 0. The number of nitrogens with zero attached hydrogens (tertiary/aromatic N) is 3. The number of fused-ring (bicyclic) bond motifs is 1. The molecular weight excluding hydrogens is 318 g/mol. The van der Waals surface area contributed by atoms with Crippen LogP contribution in [0.5, 0.6) is 0 Å². The van der Waals surface area contributed by atoms with Gasteiger partial charge in [-0.3, -0.25) is 4.99 Å². The Morgan fingerprint density at radius 2 is 2.00 bits per heavy atom. The minimum Gasteiger partial charge on any atom is -0.332 e. The fourth-order valence-corrected chi connectivity index (χ4v) is 3.28. The monoisotopic (exact) mass is 335 g/mol. The van der Waals surface area contributed by atoms with Gasteiger partial charge in [0.25, 0.3) is 0 Å². The number of hydrogen-bond donors (Lipinski definition) is 0. The summed E-state index contributed by atoms with van der Waals surface area (Å²) in [6, 6.07) is 12.2. The van der Waals surface area contributed by atoms with Crippen LogP contribution in [0.4, 0.5) is 0 Å². The Hall–Kier alpha value is -2.39. The molecule has 0 fully saturated rings. The molecule has 1 aromatic carbocycles. The molecule has 1 aliphatic rings. The molecule has 0 N–H and O–H groups in total. The lowest BCUT2D eigenvalue weighted by Crippen LogP contribution is -2.00. The van der Waals surface area contributed by atoms with Crippen LogP contribution in [-0.4, -0.2) is 22.3 Å². The Morgan fingerprint density at radius 1 is 1.12 bits per heavy atom. The first-order chi connectivity index (χ1) is 11.8. The van der Waals surface area contributed by atoms with Gasteiger partial charge in [0.05, 0.1) is 6.54 Å². The zero-order valence-corrected chi connectivity index (χ0v) is 14.1. The van der Waals surface area contributed by atoms with Crippen LogP contribution in [0.3, 0.4) is 0 Å². The molecule has 3 nitrogen and oxygen atoms in total. The van der Waals surface area contributed by atoms with Gasteiger partial charge in [-0.25, -0.2) is 4.98 Å². The molecule has 0 atom stereocenters. The van der Waals surface area contributed by atoms with Gasteiger partial charge in [-0.1, -0.05) is 29.8 Å². The van der Waals surface area contributed by atoms with Gasteiger partial charge < -0.3 is 4.57 Å². The van der Waals surface area contributed by atoms with E-state index in [1.165, 1.54) is 22.1 Å². The zero-order valence-electron chi connectivity index (χ0n) is 13.3. The highest BCUT2D eigenvalue weighted by atomic mass is 35.5. The van der Waals surface area contributed by atoms with Crippen molar-refractivity contribution in [3.8, 4) is 0 Å². The molecule has 24 heavy (non-hydrogen) atoms. The summed E-state index contributed by atoms with van der Waals surface area (Å²) in [5, 5.41) is 2.00. The van der Waals surface area contributed by atoms with Crippen LogP contribution in [0, 0.1) is 0 Å². The van der Waals surface area contributed by atoms with E-state index in [-0.39, 0.29) is 0 Å². The molecular formula is C20H18ClN3. The van der Waals surface area contributed by atoms with Crippen molar-refractivity contribution in [2.75, 3.05) is 6.54 Å². The van der Waals surface area contributed by atoms with Crippen molar-refractivity contribution < 1.29 is 0 Å². The number of dihydropyridines is 1. The van der Waals surface area contributed by atoms with Gasteiger partial charge in [0.15, 0.2) is 0 Å². The summed E-state index contributed by atoms with van der Waals surface area (Å²) in [6.45, 7) is 1.67. The Morgan fingerprint density at radius 3 is 2.79 bits per heavy atom. The summed E-state index contributed by atoms with van der Waals surface area (Å²) in [5.41, 5.74) is 4.95. The third-order valence-electron chi connectivity index (χ3n) is 4.42. The maximum Gasteiger partial charge on any atom is 0.140 e. The lowest BCUT2D eigenvalue weighted by Gasteiger charge is -2.06. The van der Waals surface area contributed by atoms with Crippen molar-refractivity contribution in [3.05, 3.63) is 71.0 Å². The van der Waals surface area contributed by atoms with Gasteiger partial charge in [0.2, 0.25) is 0 Å². The fraction of sp³-hybridized carbons (Fsp3) is 0.200. The molecule has 0 saturated carbocycles. The van der Waals surface area contributed by atoms with Crippen LogP contribution in [0.2, 0.25) is 5.02 Å². The van der Waals surface area contributed by atoms with Gasteiger partial charge in [-0.2, -0.15) is 0 Å². The zero-order chi connectivity index (χ0) is 16.4. The summed E-state index contributed by atoms with van der Waals surface area (Å²) >= 11 is 5.96. The van der Waals surface area contributed by atoms with Crippen molar-refractivity contribution in [2.24, 2.45) is 4.99 Å². The van der Waals surface area contributed by atoms with Crippen LogP contribution in [0.1, 0.15) is 17.5 Å². The highest BCUT2D eigenvalue weighted by Crippen LogP contribution is 2.29. The van der Waals surface area contributed by atoms with E-state index in [1.54, 1.807) is 0 Å². The molecule has 0 bridgehead atoms. The van der Waals surface area contributed by atoms with E-state index >= 15 is 0 Å². The molecule has 2 aromatic heterocycles. The van der Waals surface area contributed by atoms with Crippen molar-refractivity contribution in [1.82, 2.24) is 9.55 Å². The van der Waals surface area contributed by atoms with Crippen LogP contribution in [-0.2, 0) is 13.0 Å². The number of hydrogen-bond acceptors (Lipinski definition) is 2. The maximum atomic E-state index is 5.96. The molecule has 0 saturated heterocycles. The molecule has 0 unspecified atom stereocenters. The molecule has 120 valence electrons. The number of pyridine rings is 1. The van der Waals surface area contributed by atoms with Crippen LogP contribution >= 0.6 is 11.6 Å². The first kappa shape index (κ1) is 15.2. The molecule has 0 aliphatic carbocycles. The highest BCUT2D eigenvalue weighted by molar-refractivity contribution is 6.30. The van der Waals surface area contributed by atoms with Gasteiger partial charge >= 0.3 is 0 Å². The van der Waals surface area contributed by atoms with Crippen molar-refractivity contribution in [1.29, 1.82) is 0 Å². The number of halogens is 1. The second-order valence-corrected chi connectivity index (χ2v) is 6.40. The van der Waals surface area contributed by atoms with Gasteiger partial charge in [-0.15, -0.1) is 0 Å². The predicted molar refractivity (Wildman–Crippen MR) is 101 cm³/mol. The minimum absolute atomic E-state index is 0.771. The fourth-order valence-electron chi connectivity index (χ4n) is 3.15. The van der Waals surface area contributed by atoms with E-state index in [2.05, 4.69) is 45.0 Å². The number of aliphatic imine (C=N–C) groups is 1. The van der Waals surface area contributed by atoms with Crippen molar-refractivity contribution in [3.63, 3.8) is 0 Å². The Bertz CT molecular complexity index is 920. The molecule has 0 amide bonds. The summed E-state index contributed by atoms with van der Waals surface area (Å²) < 4.78 is 2.26. The predicted octanol–water partition coefficient (Wildman–Crippen LogP) is 4.79.